The summed E-state index contributed by atoms with van der Waals surface area (Å²) in [4.78, 5) is 70.2. The molecule has 3 saturated carbocycles. The first-order valence-electron chi connectivity index (χ1n) is 32.8. The molecule has 5 amide bonds. The number of phenols is 1. The highest BCUT2D eigenvalue weighted by Gasteiger charge is 2.73. The van der Waals surface area contributed by atoms with Crippen molar-refractivity contribution in [3.05, 3.63) is 70.8 Å². The molecule has 3 aromatic rings. The van der Waals surface area contributed by atoms with Crippen LogP contribution in [0.3, 0.4) is 0 Å². The molecule has 484 valence electrons. The number of likely N-dealkylation sites (tertiary alicyclic amines) is 2. The fourth-order valence-electron chi connectivity index (χ4n) is 15.8. The second-order valence-electron chi connectivity index (χ2n) is 27.4. The summed E-state index contributed by atoms with van der Waals surface area (Å²) in [7, 11) is 0. The smallest absolute Gasteiger partial charge is 0.248 e. The minimum Gasteiger partial charge on any atom is -0.504 e. The van der Waals surface area contributed by atoms with Crippen LogP contribution >= 0.6 is 0 Å². The second kappa shape index (κ2) is 28.1. The van der Waals surface area contributed by atoms with Crippen molar-refractivity contribution < 1.29 is 57.2 Å². The molecule has 22 heteroatoms. The Bertz CT molecular complexity index is 2920. The number of phenolic OH excluding ortho intramolecular Hbond substituents is 1. The first kappa shape index (κ1) is 65.2. The summed E-state index contributed by atoms with van der Waals surface area (Å²) >= 11 is 0. The highest BCUT2D eigenvalue weighted by atomic mass is 19.3. The van der Waals surface area contributed by atoms with Gasteiger partial charge < -0.3 is 55.6 Å². The Labute approximate surface area is 517 Å². The maximum absolute atomic E-state index is 13.9. The van der Waals surface area contributed by atoms with E-state index in [1.54, 1.807) is 6.07 Å². The number of carbonyl (C=O) groups excluding carboxylic acids is 5. The number of aromatic hydroxyl groups is 1. The second-order valence-corrected chi connectivity index (χ2v) is 27.4. The van der Waals surface area contributed by atoms with Gasteiger partial charge in [-0.15, -0.1) is 10.2 Å². The van der Waals surface area contributed by atoms with Crippen molar-refractivity contribution in [2.24, 2.45) is 23.7 Å². The largest absolute Gasteiger partial charge is 0.504 e. The number of benzene rings is 2. The van der Waals surface area contributed by atoms with E-state index in [9.17, 15) is 43.0 Å². The summed E-state index contributed by atoms with van der Waals surface area (Å²) in [5, 5.41) is 47.8. The van der Waals surface area contributed by atoms with Gasteiger partial charge in [-0.05, 0) is 139 Å². The molecule has 4 aliphatic carbocycles. The summed E-state index contributed by atoms with van der Waals surface area (Å²) in [6.07, 6.45) is 8.88. The Morgan fingerprint density at radius 1 is 0.795 bits per heavy atom. The van der Waals surface area contributed by atoms with Gasteiger partial charge in [0.1, 0.15) is 44.2 Å². The zero-order valence-electron chi connectivity index (χ0n) is 52.5. The Balaban J connectivity index is 0.594. The number of hydrogen-bond acceptors (Lipinski definition) is 14. The molecule has 2 bridgehead atoms. The van der Waals surface area contributed by atoms with E-state index in [4.69, 9.17) is 14.2 Å². The fraction of sp³-hybridized carbons (Fsp3) is 0.712. The lowest BCUT2D eigenvalue weighted by atomic mass is 9.48. The number of aliphatic hydroxyl groups is 1. The Hall–Kier alpha value is -5.81. The Morgan fingerprint density at radius 3 is 2.14 bits per heavy atom. The van der Waals surface area contributed by atoms with Gasteiger partial charge in [-0.25, -0.2) is 8.78 Å². The fourth-order valence-corrected chi connectivity index (χ4v) is 15.8. The monoisotopic (exact) mass is 1230 g/mol. The minimum absolute atomic E-state index is 0.0463. The SMILES string of the molecule is CC(CNC(=O)COCC(=O)NCCc1nnc(C(C)C)n1C(C)CC1CCC(C)N1CC[C@H](NC(=O)C1CCC(F)(F)CC1)c1ccccc1)CC(C)CNC(=O)COCC(=O)N[C@@H]1CC[C@@]2(O)[C@H]3Cc4ccc(O)c5c4[C@@]2(CCN3CC2CC2)[C@H]1O5. The molecule has 0 radical (unpaired) electrons. The molecule has 3 aliphatic heterocycles. The third kappa shape index (κ3) is 14.8. The lowest BCUT2D eigenvalue weighted by molar-refractivity contribution is -0.192. The van der Waals surface area contributed by atoms with Crippen molar-refractivity contribution in [3.8, 4) is 11.5 Å². The minimum atomic E-state index is -2.70. The van der Waals surface area contributed by atoms with Crippen LogP contribution in [0.2, 0.25) is 0 Å². The van der Waals surface area contributed by atoms with Gasteiger partial charge in [0.05, 0.1) is 23.1 Å². The van der Waals surface area contributed by atoms with E-state index in [1.807, 2.05) is 50.2 Å². The molecule has 7 N–H and O–H groups in total. The van der Waals surface area contributed by atoms with E-state index < -0.39 is 35.0 Å². The van der Waals surface area contributed by atoms with Crippen LogP contribution in [0.4, 0.5) is 8.78 Å². The van der Waals surface area contributed by atoms with E-state index in [2.05, 4.69) is 78.8 Å². The van der Waals surface area contributed by atoms with Gasteiger partial charge in [0.15, 0.2) is 11.5 Å². The molecule has 4 heterocycles. The van der Waals surface area contributed by atoms with E-state index in [0.717, 1.165) is 67.2 Å². The zero-order chi connectivity index (χ0) is 62.5. The van der Waals surface area contributed by atoms with Gasteiger partial charge >= 0.3 is 0 Å². The molecule has 10 rings (SSSR count). The molecule has 11 atom stereocenters. The summed E-state index contributed by atoms with van der Waals surface area (Å²) < 4.78 is 47.7. The number of carbonyl (C=O) groups is 5. The molecule has 2 saturated heterocycles. The zero-order valence-corrected chi connectivity index (χ0v) is 52.5. The van der Waals surface area contributed by atoms with Crippen LogP contribution in [0.1, 0.15) is 178 Å². The summed E-state index contributed by atoms with van der Waals surface area (Å²) in [6, 6.07) is 13.5. The number of nitrogens with one attached hydrogen (secondary N) is 5. The lowest BCUT2D eigenvalue weighted by Gasteiger charge is -2.64. The van der Waals surface area contributed by atoms with Crippen molar-refractivity contribution >= 4 is 29.5 Å². The number of alkyl halides is 2. The molecular formula is C66H96F2N10O10. The molecule has 5 fully saturated rings. The maximum atomic E-state index is 13.9. The molecular weight excluding hydrogens is 1130 g/mol. The topological polar surface area (TPSA) is 251 Å². The Kier molecular flexibility index (Phi) is 20.8. The summed E-state index contributed by atoms with van der Waals surface area (Å²) in [6.45, 7) is 15.0. The normalized spacial score (nSPS) is 27.0. The van der Waals surface area contributed by atoms with Gasteiger partial charge in [-0.2, -0.15) is 0 Å². The first-order valence-corrected chi connectivity index (χ1v) is 32.8. The van der Waals surface area contributed by atoms with E-state index in [-0.39, 0.29) is 129 Å². The summed E-state index contributed by atoms with van der Waals surface area (Å²) in [5.41, 5.74) is 1.18. The van der Waals surface area contributed by atoms with Crippen molar-refractivity contribution in [1.29, 1.82) is 0 Å². The molecule has 7 aliphatic rings. The number of nitrogens with zero attached hydrogens (tertiary/aromatic N) is 5. The molecule has 1 spiro atoms. The molecule has 88 heavy (non-hydrogen) atoms. The van der Waals surface area contributed by atoms with Crippen molar-refractivity contribution in [1.82, 2.24) is 51.1 Å². The van der Waals surface area contributed by atoms with Gasteiger partial charge in [0, 0.05) is 93.6 Å². The molecule has 2 aromatic carbocycles. The van der Waals surface area contributed by atoms with E-state index in [1.165, 1.54) is 12.8 Å². The highest BCUT2D eigenvalue weighted by molar-refractivity contribution is 5.81. The van der Waals surface area contributed by atoms with Crippen LogP contribution in [-0.4, -0.2) is 172 Å². The number of piperidine rings is 1. The third-order valence-corrected chi connectivity index (χ3v) is 20.4. The van der Waals surface area contributed by atoms with E-state index >= 15 is 0 Å². The van der Waals surface area contributed by atoms with Crippen LogP contribution < -0.4 is 31.3 Å². The highest BCUT2D eigenvalue weighted by Crippen LogP contribution is 2.65. The van der Waals surface area contributed by atoms with Crippen molar-refractivity contribution in [2.45, 2.75) is 209 Å². The van der Waals surface area contributed by atoms with Gasteiger partial charge in [-0.1, -0.05) is 64.1 Å². The van der Waals surface area contributed by atoms with Crippen LogP contribution in [-0.2, 0) is 51.7 Å². The van der Waals surface area contributed by atoms with E-state index in [0.29, 0.717) is 82.3 Å². The predicted molar refractivity (Wildman–Crippen MR) is 326 cm³/mol. The number of hydrogen-bond donors (Lipinski definition) is 7. The number of halogens is 2. The molecule has 20 nitrogen and oxygen atoms in total. The standard InChI is InChI=1S/C66H96F2N10O10/c1-40(2)62-75-74-54(78(62)44(6)31-49-16-12-43(5)77(49)28-22-50(46-10-8-7-9-11-46)73-63(84)47-18-23-64(67,68)24-19-47)21-27-69-55(80)36-86-37-56(81)70-33-41(3)30-42(4)34-71-57(82)38-87-39-58(83)72-51-20-25-66(85)53-32-48-15-17-52(79)60-59(48)65(66,61(51)88-60)26-29-76(53)35-45-13-14-45/h7-11,15,17,40-45,47,49-51,53,61,79,85H,12-14,16,18-39H2,1-6H3,(H,69,80)(H,70,81)(H,71,82)(H,72,83)(H,73,84)/t41?,42?,43?,44?,49?,50-,51+,53+,61-,65-,66+/m0/s1. The van der Waals surface area contributed by atoms with Crippen LogP contribution in [0.25, 0.3) is 0 Å². The first-order chi connectivity index (χ1) is 42.1. The number of amides is 5. The number of rotatable bonds is 30. The predicted octanol–water partition coefficient (Wildman–Crippen LogP) is 6.32. The molecule has 1 aromatic heterocycles. The van der Waals surface area contributed by atoms with Crippen LogP contribution in [0.5, 0.6) is 11.5 Å². The van der Waals surface area contributed by atoms with Gasteiger partial charge in [-0.3, -0.25) is 33.8 Å². The van der Waals surface area contributed by atoms with Crippen LogP contribution in [0.15, 0.2) is 42.5 Å². The average Bonchev–Trinajstić information content (AvgIpc) is 1.38. The van der Waals surface area contributed by atoms with Crippen molar-refractivity contribution in [3.63, 3.8) is 0 Å². The number of aromatic nitrogens is 3. The van der Waals surface area contributed by atoms with Gasteiger partial charge in [0.2, 0.25) is 35.5 Å². The lowest BCUT2D eigenvalue weighted by Crippen LogP contribution is -2.78. The van der Waals surface area contributed by atoms with Gasteiger partial charge in [0.25, 0.3) is 0 Å². The molecule has 5 unspecified atom stereocenters. The third-order valence-electron chi connectivity index (χ3n) is 20.4. The summed E-state index contributed by atoms with van der Waals surface area (Å²) in [5.74, 6) is -1.64. The average molecular weight is 1230 g/mol. The number of ether oxygens (including phenoxy) is 3. The Morgan fingerprint density at radius 2 is 1.47 bits per heavy atom. The van der Waals surface area contributed by atoms with Crippen molar-refractivity contribution in [2.75, 3.05) is 65.7 Å². The quantitative estimate of drug-likeness (QED) is 0.0386. The van der Waals surface area contributed by atoms with Crippen LogP contribution in [0, 0.1) is 23.7 Å². The maximum Gasteiger partial charge on any atom is 0.248 e.